The normalized spacial score (nSPS) is 22.9. The molecule has 2 aliphatic rings. The molecule has 22 heavy (non-hydrogen) atoms. The number of aliphatic hydroxyl groups excluding tert-OH is 1. The van der Waals surface area contributed by atoms with Gasteiger partial charge in [-0.25, -0.2) is 4.98 Å². The van der Waals surface area contributed by atoms with Crippen molar-refractivity contribution in [1.82, 2.24) is 9.55 Å². The molecule has 1 aliphatic carbocycles. The van der Waals surface area contributed by atoms with E-state index in [2.05, 4.69) is 33.8 Å². The van der Waals surface area contributed by atoms with Crippen molar-refractivity contribution < 1.29 is 5.11 Å². The van der Waals surface area contributed by atoms with Gasteiger partial charge < -0.3 is 9.67 Å². The Morgan fingerprint density at radius 3 is 2.86 bits per heavy atom. The zero-order chi connectivity index (χ0) is 14.9. The third kappa shape index (κ3) is 2.48. The standard InChI is InChI=1S/C19H24N2O/c22-19(14-6-2-1-3-7-14)10-15-12-21-13-20-11-18(21)17-9-5-4-8-16(15)17/h4-5,8-9,11,13-15,19,22H,1-3,6-7,10,12H2/t15-,19+/m0/s1. The molecule has 0 amide bonds. The molecule has 4 rings (SSSR count). The summed E-state index contributed by atoms with van der Waals surface area (Å²) in [5.41, 5.74) is 3.87. The minimum absolute atomic E-state index is 0.163. The summed E-state index contributed by atoms with van der Waals surface area (Å²) in [4.78, 5) is 4.31. The topological polar surface area (TPSA) is 38.0 Å². The third-order valence-corrected chi connectivity index (χ3v) is 5.53. The van der Waals surface area contributed by atoms with Crippen molar-refractivity contribution in [2.24, 2.45) is 5.92 Å². The van der Waals surface area contributed by atoms with E-state index >= 15 is 0 Å². The van der Waals surface area contributed by atoms with E-state index in [1.165, 1.54) is 48.9 Å². The zero-order valence-electron chi connectivity index (χ0n) is 13.0. The minimum Gasteiger partial charge on any atom is -0.393 e. The fourth-order valence-corrected chi connectivity index (χ4v) is 4.32. The van der Waals surface area contributed by atoms with Gasteiger partial charge in [0, 0.05) is 18.0 Å². The van der Waals surface area contributed by atoms with Crippen LogP contribution in [0.5, 0.6) is 0 Å². The van der Waals surface area contributed by atoms with Crippen molar-refractivity contribution in [3.63, 3.8) is 0 Å². The number of hydrogen-bond acceptors (Lipinski definition) is 2. The Kier molecular flexibility index (Phi) is 3.75. The van der Waals surface area contributed by atoms with Crippen LogP contribution in [0.2, 0.25) is 0 Å². The SMILES string of the molecule is O[C@H](C[C@H]1Cn2cncc2-c2ccccc21)C1CCCCC1. The molecule has 3 heteroatoms. The Hall–Kier alpha value is -1.61. The predicted molar refractivity (Wildman–Crippen MR) is 87.6 cm³/mol. The number of fused-ring (bicyclic) bond motifs is 3. The lowest BCUT2D eigenvalue weighted by atomic mass is 9.79. The van der Waals surface area contributed by atoms with Crippen molar-refractivity contribution in [1.29, 1.82) is 0 Å². The van der Waals surface area contributed by atoms with Crippen molar-refractivity contribution in [3.05, 3.63) is 42.4 Å². The largest absolute Gasteiger partial charge is 0.393 e. The first-order valence-electron chi connectivity index (χ1n) is 8.60. The van der Waals surface area contributed by atoms with Gasteiger partial charge >= 0.3 is 0 Å². The number of rotatable bonds is 3. The first kappa shape index (κ1) is 14.0. The number of hydrogen-bond donors (Lipinski definition) is 1. The van der Waals surface area contributed by atoms with Crippen molar-refractivity contribution in [2.75, 3.05) is 0 Å². The summed E-state index contributed by atoms with van der Waals surface area (Å²) in [6.45, 7) is 0.941. The van der Waals surface area contributed by atoms with Crippen molar-refractivity contribution in [2.45, 2.75) is 57.1 Å². The second-order valence-corrected chi connectivity index (χ2v) is 6.92. The summed E-state index contributed by atoms with van der Waals surface area (Å²) in [6, 6.07) is 8.62. The van der Waals surface area contributed by atoms with Gasteiger partial charge in [0.2, 0.25) is 0 Å². The monoisotopic (exact) mass is 296 g/mol. The van der Waals surface area contributed by atoms with Crippen molar-refractivity contribution in [3.8, 4) is 11.3 Å². The molecule has 0 saturated heterocycles. The lowest BCUT2D eigenvalue weighted by Crippen LogP contribution is -2.27. The summed E-state index contributed by atoms with van der Waals surface area (Å²) in [5.74, 6) is 0.903. The summed E-state index contributed by atoms with van der Waals surface area (Å²) >= 11 is 0. The van der Waals surface area contributed by atoms with Gasteiger partial charge in [-0.2, -0.15) is 0 Å². The molecule has 1 aromatic carbocycles. The molecular weight excluding hydrogens is 272 g/mol. The highest BCUT2D eigenvalue weighted by atomic mass is 16.3. The Morgan fingerprint density at radius 1 is 1.18 bits per heavy atom. The highest BCUT2D eigenvalue weighted by molar-refractivity contribution is 5.66. The van der Waals surface area contributed by atoms with Gasteiger partial charge in [0.25, 0.3) is 0 Å². The molecular formula is C19H24N2O. The fraction of sp³-hybridized carbons (Fsp3) is 0.526. The Labute approximate surface area is 132 Å². The number of benzene rings is 1. The second-order valence-electron chi connectivity index (χ2n) is 6.92. The molecule has 1 N–H and O–H groups in total. The van der Waals surface area contributed by atoms with E-state index in [1.807, 2.05) is 12.5 Å². The molecule has 0 bridgehead atoms. The zero-order valence-corrected chi connectivity index (χ0v) is 13.0. The number of imidazole rings is 1. The van der Waals surface area contributed by atoms with Crippen LogP contribution in [0.15, 0.2) is 36.8 Å². The third-order valence-electron chi connectivity index (χ3n) is 5.53. The van der Waals surface area contributed by atoms with Gasteiger partial charge in [0.15, 0.2) is 0 Å². The highest BCUT2D eigenvalue weighted by Gasteiger charge is 2.29. The minimum atomic E-state index is -0.163. The van der Waals surface area contributed by atoms with Crippen molar-refractivity contribution >= 4 is 0 Å². The average Bonchev–Trinajstić information content (AvgIpc) is 3.04. The van der Waals surface area contributed by atoms with Crippen LogP contribution in [-0.4, -0.2) is 20.8 Å². The summed E-state index contributed by atoms with van der Waals surface area (Å²) in [6.07, 6.45) is 10.9. The molecule has 1 aromatic heterocycles. The second kappa shape index (κ2) is 5.88. The van der Waals surface area contributed by atoms with E-state index in [0.717, 1.165) is 13.0 Å². The van der Waals surface area contributed by atoms with Gasteiger partial charge in [-0.05, 0) is 30.7 Å². The van der Waals surface area contributed by atoms with Crippen LogP contribution in [0.3, 0.4) is 0 Å². The van der Waals surface area contributed by atoms with Gasteiger partial charge in [-0.3, -0.25) is 0 Å². The molecule has 0 unspecified atom stereocenters. The van der Waals surface area contributed by atoms with E-state index < -0.39 is 0 Å². The van der Waals surface area contributed by atoms with Crippen LogP contribution >= 0.6 is 0 Å². The Bertz CT molecular complexity index is 642. The summed E-state index contributed by atoms with van der Waals surface area (Å²) < 4.78 is 2.24. The first-order chi connectivity index (χ1) is 10.8. The number of nitrogens with zero attached hydrogens (tertiary/aromatic N) is 2. The molecule has 2 heterocycles. The molecule has 116 valence electrons. The van der Waals surface area contributed by atoms with Gasteiger partial charge in [0.05, 0.1) is 24.3 Å². The van der Waals surface area contributed by atoms with Gasteiger partial charge in [-0.1, -0.05) is 43.5 Å². The molecule has 1 aliphatic heterocycles. The van der Waals surface area contributed by atoms with Crippen LogP contribution in [0.4, 0.5) is 0 Å². The summed E-state index contributed by atoms with van der Waals surface area (Å²) in [7, 11) is 0. The maximum absolute atomic E-state index is 10.7. The predicted octanol–water partition coefficient (Wildman–Crippen LogP) is 3.98. The highest BCUT2D eigenvalue weighted by Crippen LogP contribution is 2.39. The molecule has 1 saturated carbocycles. The summed E-state index contributed by atoms with van der Waals surface area (Å²) in [5, 5.41) is 10.7. The Balaban J connectivity index is 1.58. The van der Waals surface area contributed by atoms with E-state index in [9.17, 15) is 5.11 Å². The van der Waals surface area contributed by atoms with E-state index in [-0.39, 0.29) is 6.10 Å². The van der Waals surface area contributed by atoms with Crippen LogP contribution in [0, 0.1) is 5.92 Å². The Morgan fingerprint density at radius 2 is 2.00 bits per heavy atom. The van der Waals surface area contributed by atoms with Crippen LogP contribution in [0.25, 0.3) is 11.3 Å². The van der Waals surface area contributed by atoms with Gasteiger partial charge in [-0.15, -0.1) is 0 Å². The molecule has 2 aromatic rings. The lowest BCUT2D eigenvalue weighted by Gasteiger charge is -2.32. The van der Waals surface area contributed by atoms with E-state index in [4.69, 9.17) is 0 Å². The smallest absolute Gasteiger partial charge is 0.0951 e. The van der Waals surface area contributed by atoms with Gasteiger partial charge in [0.1, 0.15) is 0 Å². The molecule has 0 radical (unpaired) electrons. The molecule has 0 spiro atoms. The fourth-order valence-electron chi connectivity index (χ4n) is 4.32. The average molecular weight is 296 g/mol. The van der Waals surface area contributed by atoms with E-state index in [1.54, 1.807) is 0 Å². The maximum atomic E-state index is 10.7. The quantitative estimate of drug-likeness (QED) is 0.930. The number of aliphatic hydroxyl groups is 1. The van der Waals surface area contributed by atoms with Crippen LogP contribution in [0.1, 0.15) is 50.0 Å². The molecule has 1 fully saturated rings. The lowest BCUT2D eigenvalue weighted by molar-refractivity contribution is 0.0688. The maximum Gasteiger partial charge on any atom is 0.0951 e. The molecule has 3 nitrogen and oxygen atoms in total. The number of aromatic nitrogens is 2. The first-order valence-corrected chi connectivity index (χ1v) is 8.60. The van der Waals surface area contributed by atoms with Crippen LogP contribution in [-0.2, 0) is 6.54 Å². The van der Waals surface area contributed by atoms with E-state index in [0.29, 0.717) is 11.8 Å². The van der Waals surface area contributed by atoms with Crippen LogP contribution < -0.4 is 0 Å². The molecule has 2 atom stereocenters.